The van der Waals surface area contributed by atoms with Crippen LogP contribution in [-0.2, 0) is 11.8 Å². The van der Waals surface area contributed by atoms with Crippen LogP contribution in [0.5, 0.6) is 0 Å². The van der Waals surface area contributed by atoms with Crippen molar-refractivity contribution < 1.29 is 5.11 Å². The van der Waals surface area contributed by atoms with Gasteiger partial charge in [-0.15, -0.1) is 39.2 Å². The highest BCUT2D eigenvalue weighted by Crippen LogP contribution is 2.52. The standard InChI is InChI=1S/C51H53B11N2O/c1-6-30(65)35-38-40(46(58)50(62)49(61)45(38)57)51(4,5)39(35)27(52)20-26-32-21(3)41(53)47(59)43(55)36(32)33(37-34(26)42(54)48(60)44(37)56)24-14-12-22(13-15-24)23-16-18-25(19-17-23)64-29-11-9-8-10-28(29)63-31(64)7-2/h1,8-19,34,65H,7,20,52-62H2,2-5H3/b35-30+,39-27-. The summed E-state index contributed by atoms with van der Waals surface area (Å²) < 4.78 is 2.29. The second kappa shape index (κ2) is 16.0. The van der Waals surface area contributed by atoms with Crippen molar-refractivity contribution in [2.45, 2.75) is 46.0 Å². The third-order valence-electron chi connectivity index (χ3n) is 16.4. The van der Waals surface area contributed by atoms with Gasteiger partial charge in [-0.25, -0.2) is 4.98 Å². The van der Waals surface area contributed by atoms with Crippen LogP contribution in [0.15, 0.2) is 112 Å². The summed E-state index contributed by atoms with van der Waals surface area (Å²) in [5.74, 6) is 3.91. The number of aryl methyl sites for hydroxylation is 1. The number of aromatic nitrogens is 2. The topological polar surface area (TPSA) is 38.0 Å². The molecule has 0 aliphatic heterocycles. The average Bonchev–Trinajstić information content (AvgIpc) is 3.89. The molecule has 0 radical (unpaired) electrons. The molecule has 1 atom stereocenters. The smallest absolute Gasteiger partial charge is 0.175 e. The Bertz CT molecular complexity index is 3440. The number of nitrogens with zero attached hydrogens (tertiary/aromatic N) is 2. The number of rotatable bonds is 6. The molecule has 3 aliphatic carbocycles. The fourth-order valence-corrected chi connectivity index (χ4v) is 12.3. The zero-order valence-electron chi connectivity index (χ0n) is 41.3. The molecule has 1 unspecified atom stereocenters. The molecule has 1 aromatic heterocycles. The summed E-state index contributed by atoms with van der Waals surface area (Å²) in [6.07, 6.45) is 7.74. The van der Waals surface area contributed by atoms with Gasteiger partial charge in [-0.05, 0) is 104 Å². The molecule has 14 heteroatoms. The predicted molar refractivity (Wildman–Crippen MR) is 311 cm³/mol. The largest absolute Gasteiger partial charge is 0.500 e. The molecular weight excluding hydrogens is 776 g/mol. The number of hydrogen-bond acceptors (Lipinski definition) is 2. The first-order valence-electron chi connectivity index (χ1n) is 23.5. The van der Waals surface area contributed by atoms with E-state index < -0.39 is 0 Å². The van der Waals surface area contributed by atoms with Gasteiger partial charge in [0.1, 0.15) is 92.1 Å². The van der Waals surface area contributed by atoms with Gasteiger partial charge in [0.25, 0.3) is 0 Å². The van der Waals surface area contributed by atoms with Crippen molar-refractivity contribution in [3.8, 4) is 29.2 Å². The van der Waals surface area contributed by atoms with Crippen molar-refractivity contribution >= 4 is 152 Å². The summed E-state index contributed by atoms with van der Waals surface area (Å²) in [5.41, 5.74) is 31.1. The minimum atomic E-state index is -0.365. The van der Waals surface area contributed by atoms with Gasteiger partial charge in [0.05, 0.1) is 11.0 Å². The van der Waals surface area contributed by atoms with E-state index in [9.17, 15) is 5.11 Å². The van der Waals surface area contributed by atoms with E-state index in [0.29, 0.717) is 0 Å². The monoisotopic (exact) mass is 831 g/mol. The van der Waals surface area contributed by atoms with Crippen LogP contribution in [0.3, 0.4) is 0 Å². The number of aliphatic hydroxyl groups excluding tert-OH is 1. The maximum absolute atomic E-state index is 11.7. The summed E-state index contributed by atoms with van der Waals surface area (Å²) in [6.45, 7) is 9.18. The Kier molecular flexibility index (Phi) is 11.0. The van der Waals surface area contributed by atoms with Crippen LogP contribution < -0.4 is 48.7 Å². The summed E-state index contributed by atoms with van der Waals surface area (Å²) in [6, 6.07) is 26.7. The first kappa shape index (κ1) is 44.5. The highest BCUT2D eigenvalue weighted by atomic mass is 16.3. The van der Waals surface area contributed by atoms with Gasteiger partial charge in [-0.2, -0.15) is 0 Å². The lowest BCUT2D eigenvalue weighted by molar-refractivity contribution is 0.441. The Balaban J connectivity index is 1.25. The number of benzene rings is 5. The zero-order valence-corrected chi connectivity index (χ0v) is 41.3. The molecule has 3 aliphatic rings. The Morgan fingerprint density at radius 2 is 1.32 bits per heavy atom. The molecule has 1 N–H and O–H groups in total. The van der Waals surface area contributed by atoms with Crippen LogP contribution in [-0.4, -0.2) is 101 Å². The highest BCUT2D eigenvalue weighted by molar-refractivity contribution is 6.64. The predicted octanol–water partition coefficient (Wildman–Crippen LogP) is -6.10. The highest BCUT2D eigenvalue weighted by Gasteiger charge is 2.44. The Morgan fingerprint density at radius 1 is 0.738 bits per heavy atom. The summed E-state index contributed by atoms with van der Waals surface area (Å²) >= 11 is 0. The SMILES string of the molecule is BC1=C(B)C2C(=C1B)C(c1ccc(-c3ccc(-n4c(CC)nc5ccccc54)cc3)cc1)=c1c(B)c(B)c(B)c(C)c1=C2C/C(B)=C1\C(=C(\O)C#C)c2c(B)c(B)c(B)c(B)c2C1(C)C. The molecule has 65 heavy (non-hydrogen) atoms. The first-order chi connectivity index (χ1) is 30.9. The molecule has 3 nitrogen and oxygen atoms in total. The van der Waals surface area contributed by atoms with Crippen LogP contribution in [0.25, 0.3) is 44.6 Å². The lowest BCUT2D eigenvalue weighted by Crippen LogP contribution is -2.59. The second-order valence-corrected chi connectivity index (χ2v) is 19.8. The second-order valence-electron chi connectivity index (χ2n) is 19.8. The van der Waals surface area contributed by atoms with E-state index in [0.717, 1.165) is 52.1 Å². The van der Waals surface area contributed by atoms with Gasteiger partial charge in [0.2, 0.25) is 0 Å². The van der Waals surface area contributed by atoms with Crippen LogP contribution in [0.2, 0.25) is 0 Å². The maximum atomic E-state index is 11.7. The molecule has 6 aromatic rings. The van der Waals surface area contributed by atoms with Crippen molar-refractivity contribution in [2.75, 3.05) is 0 Å². The van der Waals surface area contributed by atoms with E-state index >= 15 is 0 Å². The lowest BCUT2D eigenvalue weighted by Gasteiger charge is -2.33. The first-order valence-corrected chi connectivity index (χ1v) is 23.5. The third-order valence-corrected chi connectivity index (χ3v) is 16.4. The van der Waals surface area contributed by atoms with Crippen molar-refractivity contribution in [1.82, 2.24) is 9.55 Å². The zero-order chi connectivity index (χ0) is 46.7. The average molecular weight is 829 g/mol. The van der Waals surface area contributed by atoms with Crippen molar-refractivity contribution in [3.05, 3.63) is 150 Å². The van der Waals surface area contributed by atoms with Gasteiger partial charge in [0.15, 0.2) is 5.76 Å². The maximum Gasteiger partial charge on any atom is 0.175 e. The van der Waals surface area contributed by atoms with Gasteiger partial charge in [0, 0.05) is 29.0 Å². The molecule has 0 fully saturated rings. The number of aliphatic hydroxyl groups is 1. The third kappa shape index (κ3) is 6.46. The summed E-state index contributed by atoms with van der Waals surface area (Å²) in [4.78, 5) is 4.92. The number of para-hydroxylation sites is 2. The fraction of sp³-hybridized carbons (Fsp3) is 0.157. The van der Waals surface area contributed by atoms with Crippen molar-refractivity contribution in [1.29, 1.82) is 0 Å². The molecule has 1 heterocycles. The number of hydrogen-bond donors (Lipinski definition) is 1. The van der Waals surface area contributed by atoms with Gasteiger partial charge >= 0.3 is 0 Å². The Hall–Kier alpha value is -5.66. The van der Waals surface area contributed by atoms with Crippen LogP contribution in [0.1, 0.15) is 55.3 Å². The Morgan fingerprint density at radius 3 is 1.95 bits per heavy atom. The molecule has 306 valence electrons. The van der Waals surface area contributed by atoms with E-state index in [1.54, 1.807) is 0 Å². The van der Waals surface area contributed by atoms with Gasteiger partial charge < -0.3 is 5.11 Å². The number of imidazole rings is 1. The van der Waals surface area contributed by atoms with Crippen molar-refractivity contribution in [3.63, 3.8) is 0 Å². The Labute approximate surface area is 396 Å². The minimum absolute atomic E-state index is 0.0288. The molecule has 0 bridgehead atoms. The van der Waals surface area contributed by atoms with E-state index in [2.05, 4.69) is 197 Å². The lowest BCUT2D eigenvalue weighted by atomic mass is 9.61. The van der Waals surface area contributed by atoms with Crippen LogP contribution in [0, 0.1) is 25.2 Å². The fourth-order valence-electron chi connectivity index (χ4n) is 12.3. The van der Waals surface area contributed by atoms with E-state index in [1.165, 1.54) is 115 Å². The van der Waals surface area contributed by atoms with Crippen LogP contribution in [0.4, 0.5) is 0 Å². The molecule has 0 spiro atoms. The molecule has 0 amide bonds. The van der Waals surface area contributed by atoms with E-state index in [4.69, 9.17) is 11.4 Å². The molecule has 0 saturated heterocycles. The molecular formula is C51H53B11N2O. The molecule has 5 aromatic carbocycles. The van der Waals surface area contributed by atoms with Gasteiger partial charge in [-0.3, -0.25) is 4.57 Å². The quantitative estimate of drug-likeness (QED) is 0.103. The molecule has 0 saturated carbocycles. The number of terminal acetylenes is 1. The minimum Gasteiger partial charge on any atom is -0.500 e. The summed E-state index contributed by atoms with van der Waals surface area (Å²) in [5, 5.41) is 14.5. The van der Waals surface area contributed by atoms with Gasteiger partial charge in [-0.1, -0.05) is 102 Å². The number of allylic oxidation sites excluding steroid dienone is 8. The molecule has 9 rings (SSSR count). The normalized spacial score (nSPS) is 17.9. The van der Waals surface area contributed by atoms with E-state index in [1.807, 2.05) is 0 Å². The number of fused-ring (bicyclic) bond motifs is 4. The summed E-state index contributed by atoms with van der Waals surface area (Å²) in [7, 11) is 25.1. The van der Waals surface area contributed by atoms with Crippen LogP contribution >= 0.6 is 0 Å². The van der Waals surface area contributed by atoms with E-state index in [-0.39, 0.29) is 17.1 Å². The van der Waals surface area contributed by atoms with Crippen molar-refractivity contribution in [2.24, 2.45) is 5.92 Å².